The summed E-state index contributed by atoms with van der Waals surface area (Å²) in [5, 5.41) is 7.82. The number of nitrogens with one attached hydrogen (secondary N) is 1. The van der Waals surface area contributed by atoms with Gasteiger partial charge >= 0.3 is 0 Å². The Bertz CT molecular complexity index is 527. The SMILES string of the molecule is CC(Cc1ccsc1)NC(C)c1ccc(F)cc1Br. The van der Waals surface area contributed by atoms with Crippen LogP contribution in [0, 0.1) is 5.82 Å². The normalized spacial score (nSPS) is 14.3. The minimum atomic E-state index is -0.214. The lowest BCUT2D eigenvalue weighted by Crippen LogP contribution is -2.30. The van der Waals surface area contributed by atoms with E-state index in [0.29, 0.717) is 6.04 Å². The molecule has 0 fully saturated rings. The average molecular weight is 342 g/mol. The second-order valence-electron chi connectivity index (χ2n) is 4.79. The second kappa shape index (κ2) is 6.64. The molecule has 0 saturated carbocycles. The highest BCUT2D eigenvalue weighted by atomic mass is 79.9. The number of benzene rings is 1. The summed E-state index contributed by atoms with van der Waals surface area (Å²) >= 11 is 5.14. The first-order chi connectivity index (χ1) is 9.06. The van der Waals surface area contributed by atoms with Crippen LogP contribution in [0.2, 0.25) is 0 Å². The van der Waals surface area contributed by atoms with Crippen LogP contribution in [-0.2, 0) is 6.42 Å². The monoisotopic (exact) mass is 341 g/mol. The molecule has 1 aromatic carbocycles. The lowest BCUT2D eigenvalue weighted by atomic mass is 10.1. The lowest BCUT2D eigenvalue weighted by molar-refractivity contribution is 0.476. The van der Waals surface area contributed by atoms with Gasteiger partial charge in [0.2, 0.25) is 0 Å². The fourth-order valence-electron chi connectivity index (χ4n) is 2.19. The number of hydrogen-bond donors (Lipinski definition) is 1. The molecule has 0 aliphatic heterocycles. The molecule has 0 aliphatic carbocycles. The Balaban J connectivity index is 1.98. The fraction of sp³-hybridized carbons (Fsp3) is 0.333. The molecule has 0 aliphatic rings. The molecule has 2 atom stereocenters. The highest BCUT2D eigenvalue weighted by Gasteiger charge is 2.13. The van der Waals surface area contributed by atoms with Gasteiger partial charge in [-0.2, -0.15) is 11.3 Å². The summed E-state index contributed by atoms with van der Waals surface area (Å²) in [5.41, 5.74) is 2.44. The average Bonchev–Trinajstić information content (AvgIpc) is 2.81. The van der Waals surface area contributed by atoms with Crippen molar-refractivity contribution in [3.63, 3.8) is 0 Å². The van der Waals surface area contributed by atoms with Crippen LogP contribution in [0.1, 0.15) is 31.0 Å². The Morgan fingerprint density at radius 2 is 2.11 bits per heavy atom. The summed E-state index contributed by atoms with van der Waals surface area (Å²) in [5.74, 6) is -0.214. The molecule has 102 valence electrons. The van der Waals surface area contributed by atoms with Gasteiger partial charge in [-0.05, 0) is 60.4 Å². The Kier molecular flexibility index (Phi) is 5.13. The molecule has 1 N–H and O–H groups in total. The van der Waals surface area contributed by atoms with Gasteiger partial charge in [-0.1, -0.05) is 22.0 Å². The zero-order valence-electron chi connectivity index (χ0n) is 11.0. The third-order valence-electron chi connectivity index (χ3n) is 3.09. The Labute approximate surface area is 126 Å². The molecule has 1 heterocycles. The molecule has 2 rings (SSSR count). The summed E-state index contributed by atoms with van der Waals surface area (Å²) in [7, 11) is 0. The molecule has 19 heavy (non-hydrogen) atoms. The van der Waals surface area contributed by atoms with E-state index in [2.05, 4.69) is 51.9 Å². The first kappa shape index (κ1) is 14.7. The van der Waals surface area contributed by atoms with Gasteiger partial charge in [-0.3, -0.25) is 0 Å². The molecule has 0 amide bonds. The lowest BCUT2D eigenvalue weighted by Gasteiger charge is -2.21. The van der Waals surface area contributed by atoms with E-state index in [4.69, 9.17) is 0 Å². The highest BCUT2D eigenvalue weighted by Crippen LogP contribution is 2.24. The van der Waals surface area contributed by atoms with Crippen molar-refractivity contribution in [3.8, 4) is 0 Å². The maximum absolute atomic E-state index is 13.1. The van der Waals surface area contributed by atoms with Crippen molar-refractivity contribution in [2.45, 2.75) is 32.4 Å². The van der Waals surface area contributed by atoms with Crippen LogP contribution >= 0.6 is 27.3 Å². The van der Waals surface area contributed by atoms with Gasteiger partial charge in [0.15, 0.2) is 0 Å². The smallest absolute Gasteiger partial charge is 0.124 e. The Hall–Kier alpha value is -0.710. The third kappa shape index (κ3) is 4.13. The molecule has 2 unspecified atom stereocenters. The van der Waals surface area contributed by atoms with Gasteiger partial charge < -0.3 is 5.32 Å². The van der Waals surface area contributed by atoms with Crippen molar-refractivity contribution in [2.75, 3.05) is 0 Å². The largest absolute Gasteiger partial charge is 0.307 e. The molecule has 0 spiro atoms. The zero-order chi connectivity index (χ0) is 13.8. The van der Waals surface area contributed by atoms with E-state index in [-0.39, 0.29) is 11.9 Å². The molecule has 0 radical (unpaired) electrons. The van der Waals surface area contributed by atoms with Crippen molar-refractivity contribution in [2.24, 2.45) is 0 Å². The predicted octanol–water partition coefficient (Wildman–Crippen LogP) is 4.93. The van der Waals surface area contributed by atoms with E-state index in [1.165, 1.54) is 17.7 Å². The third-order valence-corrected chi connectivity index (χ3v) is 4.50. The summed E-state index contributed by atoms with van der Waals surface area (Å²) in [6, 6.07) is 7.55. The van der Waals surface area contributed by atoms with Crippen molar-refractivity contribution in [1.82, 2.24) is 5.32 Å². The summed E-state index contributed by atoms with van der Waals surface area (Å²) in [6.45, 7) is 4.27. The number of rotatable bonds is 5. The summed E-state index contributed by atoms with van der Waals surface area (Å²) in [4.78, 5) is 0. The number of hydrogen-bond acceptors (Lipinski definition) is 2. The van der Waals surface area contributed by atoms with Gasteiger partial charge in [0.1, 0.15) is 5.82 Å². The van der Waals surface area contributed by atoms with Gasteiger partial charge in [0, 0.05) is 16.6 Å². The second-order valence-corrected chi connectivity index (χ2v) is 6.43. The maximum Gasteiger partial charge on any atom is 0.124 e. The number of halogens is 2. The maximum atomic E-state index is 13.1. The standard InChI is InChI=1S/C15H17BrFNS/c1-10(7-12-5-6-19-9-12)18-11(2)14-4-3-13(17)8-15(14)16/h3-6,8-11,18H,7H2,1-2H3. The first-order valence-electron chi connectivity index (χ1n) is 6.28. The van der Waals surface area contributed by atoms with Crippen LogP contribution in [0.3, 0.4) is 0 Å². The van der Waals surface area contributed by atoms with Gasteiger partial charge in [-0.25, -0.2) is 4.39 Å². The minimum absolute atomic E-state index is 0.184. The van der Waals surface area contributed by atoms with Crippen LogP contribution in [0.15, 0.2) is 39.5 Å². The van der Waals surface area contributed by atoms with Gasteiger partial charge in [0.25, 0.3) is 0 Å². The topological polar surface area (TPSA) is 12.0 Å². The van der Waals surface area contributed by atoms with Crippen LogP contribution < -0.4 is 5.32 Å². The Morgan fingerprint density at radius 3 is 2.74 bits per heavy atom. The molecule has 1 nitrogen and oxygen atoms in total. The molecular formula is C15H17BrFNS. The molecule has 0 bridgehead atoms. The number of thiophene rings is 1. The predicted molar refractivity (Wildman–Crippen MR) is 83.1 cm³/mol. The van der Waals surface area contributed by atoms with Crippen LogP contribution in [0.25, 0.3) is 0 Å². The van der Waals surface area contributed by atoms with Crippen molar-refractivity contribution in [3.05, 3.63) is 56.4 Å². The summed E-state index contributed by atoms with van der Waals surface area (Å²) in [6.07, 6.45) is 1.01. The van der Waals surface area contributed by atoms with Crippen molar-refractivity contribution in [1.29, 1.82) is 0 Å². The summed E-state index contributed by atoms with van der Waals surface area (Å²) < 4.78 is 13.9. The van der Waals surface area contributed by atoms with Gasteiger partial charge in [-0.15, -0.1) is 0 Å². The van der Waals surface area contributed by atoms with E-state index in [1.807, 2.05) is 6.07 Å². The van der Waals surface area contributed by atoms with E-state index in [0.717, 1.165) is 16.5 Å². The molecule has 2 aromatic rings. The molecular weight excluding hydrogens is 325 g/mol. The minimum Gasteiger partial charge on any atom is -0.307 e. The zero-order valence-corrected chi connectivity index (χ0v) is 13.4. The van der Waals surface area contributed by atoms with Crippen LogP contribution in [0.5, 0.6) is 0 Å². The highest BCUT2D eigenvalue weighted by molar-refractivity contribution is 9.10. The van der Waals surface area contributed by atoms with Crippen LogP contribution in [-0.4, -0.2) is 6.04 Å². The van der Waals surface area contributed by atoms with Crippen molar-refractivity contribution >= 4 is 27.3 Å². The van der Waals surface area contributed by atoms with Crippen LogP contribution in [0.4, 0.5) is 4.39 Å². The molecule has 0 saturated heterocycles. The molecule has 1 aromatic heterocycles. The van der Waals surface area contributed by atoms with Gasteiger partial charge in [0.05, 0.1) is 0 Å². The first-order valence-corrected chi connectivity index (χ1v) is 8.02. The molecule has 4 heteroatoms. The van der Waals surface area contributed by atoms with Crippen molar-refractivity contribution < 1.29 is 4.39 Å². The quantitative estimate of drug-likeness (QED) is 0.812. The van der Waals surface area contributed by atoms with E-state index >= 15 is 0 Å². The van der Waals surface area contributed by atoms with E-state index in [1.54, 1.807) is 11.3 Å². The van der Waals surface area contributed by atoms with E-state index < -0.39 is 0 Å². The van der Waals surface area contributed by atoms with E-state index in [9.17, 15) is 4.39 Å². The fourth-order valence-corrected chi connectivity index (χ4v) is 3.57. The Morgan fingerprint density at radius 1 is 1.32 bits per heavy atom.